The monoisotopic (exact) mass is 295 g/mol. The lowest BCUT2D eigenvalue weighted by molar-refractivity contribution is 0.0136. The molecule has 0 bridgehead atoms. The molecule has 110 valence electrons. The van der Waals surface area contributed by atoms with Crippen LogP contribution in [0.5, 0.6) is 0 Å². The van der Waals surface area contributed by atoms with E-state index in [9.17, 15) is 0 Å². The first-order chi connectivity index (χ1) is 9.74. The summed E-state index contributed by atoms with van der Waals surface area (Å²) in [6.07, 6.45) is 8.01. The Kier molecular flexibility index (Phi) is 4.44. The van der Waals surface area contributed by atoms with Gasteiger partial charge in [-0.3, -0.25) is 9.89 Å². The molecule has 3 heterocycles. The van der Waals surface area contributed by atoms with E-state index >= 15 is 0 Å². The lowest BCUT2D eigenvalue weighted by Crippen LogP contribution is -2.34. The summed E-state index contributed by atoms with van der Waals surface area (Å²) in [5, 5.41) is 0.796. The van der Waals surface area contributed by atoms with Crippen molar-refractivity contribution in [1.29, 1.82) is 0 Å². The van der Waals surface area contributed by atoms with Crippen LogP contribution in [0.1, 0.15) is 26.2 Å². The maximum atomic E-state index is 6.31. The van der Waals surface area contributed by atoms with Crippen LogP contribution in [-0.4, -0.2) is 54.6 Å². The molecule has 1 fully saturated rings. The third-order valence-electron chi connectivity index (χ3n) is 4.06. The van der Waals surface area contributed by atoms with Crippen molar-refractivity contribution in [3.05, 3.63) is 22.9 Å². The van der Waals surface area contributed by atoms with Gasteiger partial charge in [-0.05, 0) is 31.4 Å². The number of hydrogen-bond acceptors (Lipinski definition) is 4. The molecule has 0 aromatic heterocycles. The zero-order valence-corrected chi connectivity index (χ0v) is 12.8. The van der Waals surface area contributed by atoms with Crippen LogP contribution in [0.4, 0.5) is 0 Å². The molecule has 0 spiro atoms. The fourth-order valence-electron chi connectivity index (χ4n) is 2.89. The van der Waals surface area contributed by atoms with Gasteiger partial charge in [-0.25, -0.2) is 0 Å². The van der Waals surface area contributed by atoms with Gasteiger partial charge in [-0.15, -0.1) is 0 Å². The lowest BCUT2D eigenvalue weighted by Gasteiger charge is -2.26. The largest absolute Gasteiger partial charge is 0.364 e. The Labute approximate surface area is 125 Å². The van der Waals surface area contributed by atoms with Gasteiger partial charge in [0.2, 0.25) is 0 Å². The predicted molar refractivity (Wildman–Crippen MR) is 81.9 cm³/mol. The topological polar surface area (TPSA) is 28.1 Å². The molecule has 0 amide bonds. The Morgan fingerprint density at radius 1 is 1.30 bits per heavy atom. The molecule has 0 saturated carbocycles. The van der Waals surface area contributed by atoms with Crippen molar-refractivity contribution in [2.45, 2.75) is 32.2 Å². The molecule has 1 atom stereocenters. The second-order valence-corrected chi connectivity index (χ2v) is 6.10. The summed E-state index contributed by atoms with van der Waals surface area (Å²) in [5.41, 5.74) is 1.10. The van der Waals surface area contributed by atoms with E-state index in [0.29, 0.717) is 6.61 Å². The van der Waals surface area contributed by atoms with Crippen molar-refractivity contribution in [3.8, 4) is 0 Å². The van der Waals surface area contributed by atoms with Crippen molar-refractivity contribution in [1.82, 2.24) is 9.80 Å². The molecule has 0 N–H and O–H groups in total. The Morgan fingerprint density at radius 2 is 2.10 bits per heavy atom. The van der Waals surface area contributed by atoms with E-state index < -0.39 is 0 Å². The number of likely N-dealkylation sites (tertiary alicyclic amines) is 1. The van der Waals surface area contributed by atoms with Crippen LogP contribution in [0.3, 0.4) is 0 Å². The first kappa shape index (κ1) is 14.1. The minimum atomic E-state index is 0.194. The fourth-order valence-corrected chi connectivity index (χ4v) is 3.11. The highest BCUT2D eigenvalue weighted by Crippen LogP contribution is 2.26. The highest BCUT2D eigenvalue weighted by Gasteiger charge is 2.28. The highest BCUT2D eigenvalue weighted by molar-refractivity contribution is 6.31. The molecule has 3 rings (SSSR count). The molecule has 1 unspecified atom stereocenters. The van der Waals surface area contributed by atoms with Crippen LogP contribution in [0, 0.1) is 0 Å². The van der Waals surface area contributed by atoms with Crippen LogP contribution < -0.4 is 0 Å². The summed E-state index contributed by atoms with van der Waals surface area (Å²) >= 11 is 6.31. The summed E-state index contributed by atoms with van der Waals surface area (Å²) in [6, 6.07) is 0.194. The molecule has 20 heavy (non-hydrogen) atoms. The van der Waals surface area contributed by atoms with E-state index in [1.807, 2.05) is 19.1 Å². The van der Waals surface area contributed by atoms with Gasteiger partial charge in [0.25, 0.3) is 0 Å². The van der Waals surface area contributed by atoms with E-state index in [4.69, 9.17) is 16.3 Å². The van der Waals surface area contributed by atoms with E-state index in [-0.39, 0.29) is 6.04 Å². The van der Waals surface area contributed by atoms with E-state index in [1.54, 1.807) is 0 Å². The number of aliphatic imine (C=N–C) groups is 1. The van der Waals surface area contributed by atoms with Crippen LogP contribution in [0.25, 0.3) is 0 Å². The third-order valence-corrected chi connectivity index (χ3v) is 4.56. The first-order valence-electron chi connectivity index (χ1n) is 7.44. The Morgan fingerprint density at radius 3 is 2.90 bits per heavy atom. The fraction of sp³-hybridized carbons (Fsp3) is 0.667. The SMILES string of the molecule is CC1=C(Cl)N2CC(COCN3CCCCC3)N=C2C=C1. The van der Waals surface area contributed by atoms with E-state index in [1.165, 1.54) is 32.4 Å². The Balaban J connectivity index is 1.47. The molecule has 0 aromatic rings. The van der Waals surface area contributed by atoms with Crippen molar-refractivity contribution in [2.24, 2.45) is 4.99 Å². The quantitative estimate of drug-likeness (QED) is 0.746. The normalized spacial score (nSPS) is 27.0. The zero-order valence-electron chi connectivity index (χ0n) is 12.0. The summed E-state index contributed by atoms with van der Waals surface area (Å²) in [4.78, 5) is 9.13. The van der Waals surface area contributed by atoms with Gasteiger partial charge in [0.15, 0.2) is 0 Å². The van der Waals surface area contributed by atoms with Crippen LogP contribution in [0.15, 0.2) is 27.9 Å². The van der Waals surface area contributed by atoms with Gasteiger partial charge in [0, 0.05) is 13.1 Å². The highest BCUT2D eigenvalue weighted by atomic mass is 35.5. The first-order valence-corrected chi connectivity index (χ1v) is 7.82. The maximum Gasteiger partial charge on any atom is 0.129 e. The van der Waals surface area contributed by atoms with Gasteiger partial charge in [0.05, 0.1) is 25.9 Å². The zero-order chi connectivity index (χ0) is 13.9. The average molecular weight is 296 g/mol. The van der Waals surface area contributed by atoms with Crippen LogP contribution in [-0.2, 0) is 4.74 Å². The van der Waals surface area contributed by atoms with Gasteiger partial charge in [-0.1, -0.05) is 24.1 Å². The lowest BCUT2D eigenvalue weighted by atomic mass is 10.1. The predicted octanol–water partition coefficient (Wildman–Crippen LogP) is 2.57. The van der Waals surface area contributed by atoms with Crippen molar-refractivity contribution >= 4 is 17.4 Å². The third kappa shape index (κ3) is 3.08. The van der Waals surface area contributed by atoms with Crippen LogP contribution in [0.2, 0.25) is 0 Å². The molecule has 4 nitrogen and oxygen atoms in total. The molecule has 5 heteroatoms. The molecule has 3 aliphatic heterocycles. The molecule has 1 saturated heterocycles. The number of piperidine rings is 1. The Hall–Kier alpha value is -0.840. The van der Waals surface area contributed by atoms with Crippen LogP contribution >= 0.6 is 11.6 Å². The molecule has 0 aliphatic carbocycles. The summed E-state index contributed by atoms with van der Waals surface area (Å²) in [6.45, 7) is 6.60. The van der Waals surface area contributed by atoms with E-state index in [2.05, 4.69) is 14.8 Å². The van der Waals surface area contributed by atoms with Gasteiger partial charge >= 0.3 is 0 Å². The van der Waals surface area contributed by atoms with Gasteiger partial charge in [0.1, 0.15) is 11.0 Å². The average Bonchev–Trinajstić information content (AvgIpc) is 2.88. The molecule has 0 radical (unpaired) electrons. The Bertz CT molecular complexity index is 452. The van der Waals surface area contributed by atoms with Gasteiger partial charge < -0.3 is 9.64 Å². The van der Waals surface area contributed by atoms with Gasteiger partial charge in [-0.2, -0.15) is 0 Å². The minimum absolute atomic E-state index is 0.194. The van der Waals surface area contributed by atoms with Crippen molar-refractivity contribution < 1.29 is 4.74 Å². The summed E-state index contributed by atoms with van der Waals surface area (Å²) < 4.78 is 5.83. The maximum absolute atomic E-state index is 6.31. The van der Waals surface area contributed by atoms with Crippen molar-refractivity contribution in [2.75, 3.05) is 33.0 Å². The smallest absolute Gasteiger partial charge is 0.129 e. The second-order valence-electron chi connectivity index (χ2n) is 5.74. The number of nitrogens with zero attached hydrogens (tertiary/aromatic N) is 3. The minimum Gasteiger partial charge on any atom is -0.364 e. The van der Waals surface area contributed by atoms with Crippen molar-refractivity contribution in [3.63, 3.8) is 0 Å². The number of ether oxygens (including phenoxy) is 1. The number of halogens is 1. The number of hydrogen-bond donors (Lipinski definition) is 0. The number of rotatable bonds is 4. The summed E-state index contributed by atoms with van der Waals surface area (Å²) in [7, 11) is 0. The number of amidine groups is 1. The summed E-state index contributed by atoms with van der Waals surface area (Å²) in [5.74, 6) is 0.965. The standard InChI is InChI=1S/C15H22ClN3O/c1-12-5-6-14-17-13(9-19(14)15(12)16)10-20-11-18-7-3-2-4-8-18/h5-6,13H,2-4,7-11H2,1H3. The number of allylic oxidation sites excluding steroid dienone is 2. The van der Waals surface area contributed by atoms with E-state index in [0.717, 1.165) is 29.8 Å². The molecule has 3 aliphatic rings. The second kappa shape index (κ2) is 6.29. The molecular formula is C15H22ClN3O. The number of fused-ring (bicyclic) bond motifs is 1. The molecular weight excluding hydrogens is 274 g/mol. The molecule has 0 aromatic carbocycles.